The molecule has 2 atom stereocenters. The van der Waals surface area contributed by atoms with E-state index in [0.29, 0.717) is 29.7 Å². The predicted molar refractivity (Wildman–Crippen MR) is 118 cm³/mol. The van der Waals surface area contributed by atoms with Crippen LogP contribution in [0, 0.1) is 0 Å². The van der Waals surface area contributed by atoms with Gasteiger partial charge >= 0.3 is 5.69 Å². The number of carbonyl (C=O) groups excluding carboxylic acids is 1. The number of hydrogen-bond acceptors (Lipinski definition) is 6. The molecule has 1 aliphatic heterocycles. The van der Waals surface area contributed by atoms with Gasteiger partial charge in [-0.25, -0.2) is 9.89 Å². The summed E-state index contributed by atoms with van der Waals surface area (Å²) in [6, 6.07) is 16.6. The molecule has 0 bridgehead atoms. The fourth-order valence-corrected chi connectivity index (χ4v) is 4.49. The van der Waals surface area contributed by atoms with Crippen LogP contribution in [0.4, 0.5) is 5.69 Å². The quantitative estimate of drug-likeness (QED) is 0.522. The highest BCUT2D eigenvalue weighted by atomic mass is 32.2. The molecule has 1 saturated heterocycles. The van der Waals surface area contributed by atoms with Crippen LogP contribution in [0.5, 0.6) is 5.75 Å². The summed E-state index contributed by atoms with van der Waals surface area (Å²) in [4.78, 5) is 25.6. The monoisotopic (exact) mass is 440 g/mol. The van der Waals surface area contributed by atoms with Gasteiger partial charge in [0.25, 0.3) is 0 Å². The standard InChI is InChI=1S/C22H24N4O4S/c1-29-17-11-9-16(10-12-17)23-20(27)19(15-6-3-2-4-7-15)31-22-25-24-21(28)26(22)14-18-8-5-13-30-18/h2-4,6-7,9-12,18-19H,5,8,13-14H2,1H3,(H,23,27)(H,24,28). The largest absolute Gasteiger partial charge is 0.497 e. The van der Waals surface area contributed by atoms with Gasteiger partial charge in [-0.05, 0) is 42.7 Å². The summed E-state index contributed by atoms with van der Waals surface area (Å²) in [6.45, 7) is 1.12. The topological polar surface area (TPSA) is 98.2 Å². The normalized spacial score (nSPS) is 16.7. The van der Waals surface area contributed by atoms with E-state index in [9.17, 15) is 9.59 Å². The van der Waals surface area contributed by atoms with Crippen LogP contribution in [0.15, 0.2) is 64.5 Å². The molecule has 3 aromatic rings. The first-order chi connectivity index (χ1) is 15.1. The van der Waals surface area contributed by atoms with Gasteiger partial charge in [0.1, 0.15) is 11.0 Å². The zero-order valence-corrected chi connectivity index (χ0v) is 17.9. The molecule has 8 nitrogen and oxygen atoms in total. The Hall–Kier alpha value is -3.04. The molecule has 0 saturated carbocycles. The van der Waals surface area contributed by atoms with Gasteiger partial charge in [0.15, 0.2) is 5.16 Å². The fraction of sp³-hybridized carbons (Fsp3) is 0.318. The Morgan fingerprint density at radius 1 is 1.29 bits per heavy atom. The molecule has 0 radical (unpaired) electrons. The van der Waals surface area contributed by atoms with Crippen LogP contribution in [0.1, 0.15) is 23.7 Å². The number of methoxy groups -OCH3 is 1. The lowest BCUT2D eigenvalue weighted by Gasteiger charge is -2.18. The number of aromatic amines is 1. The van der Waals surface area contributed by atoms with Gasteiger partial charge < -0.3 is 14.8 Å². The van der Waals surface area contributed by atoms with Gasteiger partial charge in [-0.2, -0.15) is 0 Å². The molecule has 1 amide bonds. The number of nitrogens with one attached hydrogen (secondary N) is 2. The van der Waals surface area contributed by atoms with Gasteiger partial charge in [0.2, 0.25) is 5.91 Å². The summed E-state index contributed by atoms with van der Waals surface area (Å²) >= 11 is 1.24. The number of aromatic nitrogens is 3. The van der Waals surface area contributed by atoms with Gasteiger partial charge in [0.05, 0.1) is 19.8 Å². The van der Waals surface area contributed by atoms with E-state index in [0.717, 1.165) is 18.4 Å². The van der Waals surface area contributed by atoms with Crippen molar-refractivity contribution < 1.29 is 14.3 Å². The lowest BCUT2D eigenvalue weighted by atomic mass is 10.1. The fourth-order valence-electron chi connectivity index (χ4n) is 3.43. The minimum absolute atomic E-state index is 0.0158. The second-order valence-electron chi connectivity index (χ2n) is 7.18. The van der Waals surface area contributed by atoms with E-state index in [2.05, 4.69) is 15.5 Å². The van der Waals surface area contributed by atoms with E-state index in [1.54, 1.807) is 35.9 Å². The van der Waals surface area contributed by atoms with Gasteiger partial charge in [0, 0.05) is 12.3 Å². The van der Waals surface area contributed by atoms with Crippen LogP contribution in [-0.4, -0.2) is 40.5 Å². The van der Waals surface area contributed by atoms with E-state index in [1.165, 1.54) is 11.8 Å². The van der Waals surface area contributed by atoms with Crippen LogP contribution in [0.3, 0.4) is 0 Å². The van der Waals surface area contributed by atoms with Crippen molar-refractivity contribution in [2.75, 3.05) is 19.0 Å². The number of thioether (sulfide) groups is 1. The van der Waals surface area contributed by atoms with E-state index in [-0.39, 0.29) is 17.7 Å². The Kier molecular flexibility index (Phi) is 6.73. The third kappa shape index (κ3) is 5.18. The number of ether oxygens (including phenoxy) is 2. The second-order valence-corrected chi connectivity index (χ2v) is 8.26. The van der Waals surface area contributed by atoms with E-state index < -0.39 is 5.25 Å². The zero-order valence-electron chi connectivity index (χ0n) is 17.1. The molecule has 9 heteroatoms. The molecule has 0 aliphatic carbocycles. The van der Waals surface area contributed by atoms with Crippen LogP contribution in [0.2, 0.25) is 0 Å². The van der Waals surface area contributed by atoms with Crippen molar-refractivity contribution in [1.29, 1.82) is 0 Å². The number of anilines is 1. The third-order valence-corrected chi connectivity index (χ3v) is 6.30. The first-order valence-electron chi connectivity index (χ1n) is 10.1. The molecule has 2 N–H and O–H groups in total. The molecule has 2 unspecified atom stereocenters. The Morgan fingerprint density at radius 2 is 2.06 bits per heavy atom. The molecule has 2 heterocycles. The number of amides is 1. The molecule has 1 aromatic heterocycles. The number of H-pyrrole nitrogens is 1. The van der Waals surface area contributed by atoms with E-state index in [4.69, 9.17) is 9.47 Å². The Bertz CT molecular complexity index is 1060. The van der Waals surface area contributed by atoms with Crippen molar-refractivity contribution in [3.63, 3.8) is 0 Å². The first-order valence-corrected chi connectivity index (χ1v) is 11.0. The molecule has 31 heavy (non-hydrogen) atoms. The summed E-state index contributed by atoms with van der Waals surface area (Å²) in [5, 5.41) is 9.48. The number of benzene rings is 2. The van der Waals surface area contributed by atoms with Crippen LogP contribution in [-0.2, 0) is 16.1 Å². The summed E-state index contributed by atoms with van der Waals surface area (Å²) < 4.78 is 12.4. The zero-order chi connectivity index (χ0) is 21.6. The van der Waals surface area contributed by atoms with Crippen molar-refractivity contribution >= 4 is 23.4 Å². The van der Waals surface area contributed by atoms with Crippen molar-refractivity contribution in [3.05, 3.63) is 70.6 Å². The highest BCUT2D eigenvalue weighted by molar-refractivity contribution is 8.00. The Balaban J connectivity index is 1.57. The number of carbonyl (C=O) groups is 1. The Labute approximate surface area is 184 Å². The van der Waals surface area contributed by atoms with Gasteiger partial charge in [-0.3, -0.25) is 9.36 Å². The average molecular weight is 441 g/mol. The number of nitrogens with zero attached hydrogens (tertiary/aromatic N) is 2. The molecular weight excluding hydrogens is 416 g/mol. The summed E-state index contributed by atoms with van der Waals surface area (Å²) in [5.41, 5.74) is 1.17. The van der Waals surface area contributed by atoms with Gasteiger partial charge in [-0.15, -0.1) is 5.10 Å². The highest BCUT2D eigenvalue weighted by Gasteiger charge is 2.27. The molecule has 2 aromatic carbocycles. The maximum absolute atomic E-state index is 13.2. The lowest BCUT2D eigenvalue weighted by Crippen LogP contribution is -2.25. The SMILES string of the molecule is COc1ccc(NC(=O)C(Sc2n[nH]c(=O)n2CC2CCCO2)c2ccccc2)cc1. The second kappa shape index (κ2) is 9.84. The van der Waals surface area contributed by atoms with Crippen LogP contribution < -0.4 is 15.7 Å². The van der Waals surface area contributed by atoms with Crippen molar-refractivity contribution in [3.8, 4) is 5.75 Å². The summed E-state index contributed by atoms with van der Waals surface area (Å²) in [5.74, 6) is 0.502. The van der Waals surface area contributed by atoms with E-state index in [1.807, 2.05) is 30.3 Å². The van der Waals surface area contributed by atoms with Gasteiger partial charge in [-0.1, -0.05) is 42.1 Å². The molecule has 0 spiro atoms. The molecule has 1 fully saturated rings. The molecule has 4 rings (SSSR count). The minimum atomic E-state index is -0.596. The van der Waals surface area contributed by atoms with Crippen molar-refractivity contribution in [1.82, 2.24) is 14.8 Å². The number of hydrogen-bond donors (Lipinski definition) is 2. The number of rotatable bonds is 8. The lowest BCUT2D eigenvalue weighted by molar-refractivity contribution is -0.115. The third-order valence-electron chi connectivity index (χ3n) is 5.05. The van der Waals surface area contributed by atoms with Crippen LogP contribution >= 0.6 is 11.8 Å². The maximum Gasteiger partial charge on any atom is 0.344 e. The van der Waals surface area contributed by atoms with Crippen molar-refractivity contribution in [2.45, 2.75) is 35.9 Å². The molecule has 162 valence electrons. The molecular formula is C22H24N4O4S. The Morgan fingerprint density at radius 3 is 2.74 bits per heavy atom. The average Bonchev–Trinajstić information content (AvgIpc) is 3.44. The predicted octanol–water partition coefficient (Wildman–Crippen LogP) is 3.23. The first kappa shape index (κ1) is 21.2. The van der Waals surface area contributed by atoms with Crippen LogP contribution in [0.25, 0.3) is 0 Å². The smallest absolute Gasteiger partial charge is 0.344 e. The van der Waals surface area contributed by atoms with E-state index >= 15 is 0 Å². The molecule has 1 aliphatic rings. The minimum Gasteiger partial charge on any atom is -0.497 e. The maximum atomic E-state index is 13.2. The summed E-state index contributed by atoms with van der Waals surface area (Å²) in [7, 11) is 1.59. The van der Waals surface area contributed by atoms with Crippen molar-refractivity contribution in [2.24, 2.45) is 0 Å². The summed E-state index contributed by atoms with van der Waals surface area (Å²) in [6.07, 6.45) is 1.87. The highest BCUT2D eigenvalue weighted by Crippen LogP contribution is 2.35.